The molecule has 0 saturated carbocycles. The smallest absolute Gasteiger partial charge is 0.242 e. The van der Waals surface area contributed by atoms with Gasteiger partial charge in [-0.3, -0.25) is 9.59 Å². The highest BCUT2D eigenvalue weighted by atomic mass is 35.5. The summed E-state index contributed by atoms with van der Waals surface area (Å²) in [6.45, 7) is 2.37. The quantitative estimate of drug-likeness (QED) is 0.517. The average Bonchev–Trinajstić information content (AvgIpc) is 2.82. The van der Waals surface area contributed by atoms with Gasteiger partial charge >= 0.3 is 0 Å². The number of nitrogens with zero attached hydrogens (tertiary/aromatic N) is 1. The molecule has 0 radical (unpaired) electrons. The van der Waals surface area contributed by atoms with E-state index >= 15 is 0 Å². The summed E-state index contributed by atoms with van der Waals surface area (Å²) < 4.78 is 5.35. The summed E-state index contributed by atoms with van der Waals surface area (Å²) in [5.41, 5.74) is 2.68. The van der Waals surface area contributed by atoms with Gasteiger partial charge < -0.3 is 15.0 Å². The molecule has 5 nitrogen and oxygen atoms in total. The first-order valence-corrected chi connectivity index (χ1v) is 10.8. The summed E-state index contributed by atoms with van der Waals surface area (Å²) in [5, 5.41) is 3.56. The molecular formula is C26H27ClN2O3. The summed E-state index contributed by atoms with van der Waals surface area (Å²) in [4.78, 5) is 27.8. The zero-order valence-corrected chi connectivity index (χ0v) is 19.0. The standard InChI is InChI=1S/C26H27ClN2O3/c1-19(26(31)28-17-22-10-6-7-11-24(22)32-2)29(18-21-12-14-23(27)15-13-21)25(30)16-20-8-4-3-5-9-20/h3-15,19H,16-18H2,1-2H3,(H,28,31). The number of halogens is 1. The Morgan fingerprint density at radius 2 is 1.59 bits per heavy atom. The van der Waals surface area contributed by atoms with Gasteiger partial charge in [0.25, 0.3) is 0 Å². The van der Waals surface area contributed by atoms with Crippen molar-refractivity contribution in [2.45, 2.75) is 32.5 Å². The van der Waals surface area contributed by atoms with E-state index < -0.39 is 6.04 Å². The summed E-state index contributed by atoms with van der Waals surface area (Å²) in [6.07, 6.45) is 0.221. The van der Waals surface area contributed by atoms with Gasteiger partial charge in [0.05, 0.1) is 13.5 Å². The molecule has 0 aliphatic carbocycles. The first-order chi connectivity index (χ1) is 15.5. The second kappa shape index (κ2) is 11.3. The third-order valence-electron chi connectivity index (χ3n) is 5.28. The number of rotatable bonds is 9. The zero-order valence-electron chi connectivity index (χ0n) is 18.3. The summed E-state index contributed by atoms with van der Waals surface area (Å²) in [6, 6.07) is 23.7. The molecule has 0 spiro atoms. The van der Waals surface area contributed by atoms with Gasteiger partial charge in [0.15, 0.2) is 0 Å². The minimum absolute atomic E-state index is 0.119. The fourth-order valence-electron chi connectivity index (χ4n) is 3.42. The van der Waals surface area contributed by atoms with Crippen LogP contribution in [-0.4, -0.2) is 29.9 Å². The van der Waals surface area contributed by atoms with E-state index in [0.717, 1.165) is 16.7 Å². The SMILES string of the molecule is COc1ccccc1CNC(=O)C(C)N(Cc1ccc(Cl)cc1)C(=O)Cc1ccccc1. The van der Waals surface area contributed by atoms with Crippen molar-refractivity contribution in [1.82, 2.24) is 10.2 Å². The highest BCUT2D eigenvalue weighted by Gasteiger charge is 2.26. The van der Waals surface area contributed by atoms with Gasteiger partial charge in [0, 0.05) is 23.7 Å². The molecule has 0 aromatic heterocycles. The van der Waals surface area contributed by atoms with E-state index in [4.69, 9.17) is 16.3 Å². The molecule has 166 valence electrons. The number of amides is 2. The van der Waals surface area contributed by atoms with Crippen LogP contribution in [-0.2, 0) is 29.1 Å². The lowest BCUT2D eigenvalue weighted by molar-refractivity contribution is -0.140. The minimum atomic E-state index is -0.656. The van der Waals surface area contributed by atoms with Crippen LogP contribution in [0.3, 0.4) is 0 Å². The van der Waals surface area contributed by atoms with E-state index in [1.165, 1.54) is 0 Å². The highest BCUT2D eigenvalue weighted by Crippen LogP contribution is 2.18. The first kappa shape index (κ1) is 23.4. The van der Waals surface area contributed by atoms with Crippen LogP contribution in [0.1, 0.15) is 23.6 Å². The second-order valence-electron chi connectivity index (χ2n) is 7.52. The molecule has 0 saturated heterocycles. The van der Waals surface area contributed by atoms with Crippen molar-refractivity contribution in [2.24, 2.45) is 0 Å². The number of carbonyl (C=O) groups is 2. The molecule has 0 bridgehead atoms. The maximum atomic E-state index is 13.2. The summed E-state index contributed by atoms with van der Waals surface area (Å²) in [5.74, 6) is 0.357. The molecule has 32 heavy (non-hydrogen) atoms. The molecule has 1 atom stereocenters. The molecule has 0 heterocycles. The molecule has 3 rings (SSSR count). The minimum Gasteiger partial charge on any atom is -0.496 e. The van der Waals surface area contributed by atoms with Crippen molar-refractivity contribution < 1.29 is 14.3 Å². The van der Waals surface area contributed by atoms with Crippen molar-refractivity contribution >= 4 is 23.4 Å². The molecule has 2 amide bonds. The van der Waals surface area contributed by atoms with Gasteiger partial charge in [-0.15, -0.1) is 0 Å². The van der Waals surface area contributed by atoms with E-state index in [9.17, 15) is 9.59 Å². The maximum Gasteiger partial charge on any atom is 0.242 e. The number of ether oxygens (including phenoxy) is 1. The highest BCUT2D eigenvalue weighted by molar-refractivity contribution is 6.30. The molecule has 3 aromatic rings. The van der Waals surface area contributed by atoms with E-state index in [1.807, 2.05) is 66.7 Å². The number of methoxy groups -OCH3 is 1. The van der Waals surface area contributed by atoms with Crippen LogP contribution in [0.25, 0.3) is 0 Å². The van der Waals surface area contributed by atoms with Crippen LogP contribution in [0.15, 0.2) is 78.9 Å². The molecular weight excluding hydrogens is 424 g/mol. The fourth-order valence-corrected chi connectivity index (χ4v) is 3.55. The number of hydrogen-bond acceptors (Lipinski definition) is 3. The largest absolute Gasteiger partial charge is 0.496 e. The topological polar surface area (TPSA) is 58.6 Å². The molecule has 1 N–H and O–H groups in total. The molecule has 0 aliphatic heterocycles. The second-order valence-corrected chi connectivity index (χ2v) is 7.95. The van der Waals surface area contributed by atoms with Gasteiger partial charge in [-0.1, -0.05) is 72.3 Å². The van der Waals surface area contributed by atoms with Crippen LogP contribution in [0.4, 0.5) is 0 Å². The lowest BCUT2D eigenvalue weighted by Gasteiger charge is -2.29. The van der Waals surface area contributed by atoms with Crippen molar-refractivity contribution in [1.29, 1.82) is 0 Å². The van der Waals surface area contributed by atoms with Crippen LogP contribution in [0, 0.1) is 0 Å². The molecule has 0 aliphatic rings. The lowest BCUT2D eigenvalue weighted by Crippen LogP contribution is -2.48. The Kier molecular flexibility index (Phi) is 8.28. The Bertz CT molecular complexity index is 1040. The molecule has 1 unspecified atom stereocenters. The van der Waals surface area contributed by atoms with Crippen molar-refractivity contribution in [2.75, 3.05) is 7.11 Å². The van der Waals surface area contributed by atoms with Gasteiger partial charge in [-0.2, -0.15) is 0 Å². The molecule has 3 aromatic carbocycles. The number of benzene rings is 3. The first-order valence-electron chi connectivity index (χ1n) is 10.5. The van der Waals surface area contributed by atoms with Crippen molar-refractivity contribution in [3.63, 3.8) is 0 Å². The van der Waals surface area contributed by atoms with E-state index in [1.54, 1.807) is 31.1 Å². The van der Waals surface area contributed by atoms with Gasteiger partial charge in [0.1, 0.15) is 11.8 Å². The Morgan fingerprint density at radius 3 is 2.28 bits per heavy atom. The van der Waals surface area contributed by atoms with E-state index in [0.29, 0.717) is 23.9 Å². The molecule has 6 heteroatoms. The van der Waals surface area contributed by atoms with Crippen LogP contribution in [0.5, 0.6) is 5.75 Å². The van der Waals surface area contributed by atoms with Gasteiger partial charge in [0.2, 0.25) is 11.8 Å². The lowest BCUT2D eigenvalue weighted by atomic mass is 10.1. The van der Waals surface area contributed by atoms with Crippen LogP contribution >= 0.6 is 11.6 Å². The van der Waals surface area contributed by atoms with Crippen molar-refractivity contribution in [3.05, 3.63) is 101 Å². The maximum absolute atomic E-state index is 13.2. The number of nitrogens with one attached hydrogen (secondary N) is 1. The molecule has 0 fully saturated rings. The third-order valence-corrected chi connectivity index (χ3v) is 5.53. The predicted molar refractivity (Wildman–Crippen MR) is 126 cm³/mol. The van der Waals surface area contributed by atoms with E-state index in [2.05, 4.69) is 5.32 Å². The number of carbonyl (C=O) groups excluding carboxylic acids is 2. The Morgan fingerprint density at radius 1 is 0.938 bits per heavy atom. The summed E-state index contributed by atoms with van der Waals surface area (Å²) >= 11 is 6.00. The van der Waals surface area contributed by atoms with Gasteiger partial charge in [-0.05, 0) is 36.2 Å². The predicted octanol–water partition coefficient (Wildman–Crippen LogP) is 4.62. The van der Waals surface area contributed by atoms with Gasteiger partial charge in [-0.25, -0.2) is 0 Å². The average molecular weight is 451 g/mol. The number of para-hydroxylation sites is 1. The third kappa shape index (κ3) is 6.34. The number of hydrogen-bond donors (Lipinski definition) is 1. The Balaban J connectivity index is 1.74. The Labute approximate surface area is 194 Å². The fraction of sp³-hybridized carbons (Fsp3) is 0.231. The monoisotopic (exact) mass is 450 g/mol. The summed E-state index contributed by atoms with van der Waals surface area (Å²) in [7, 11) is 1.60. The normalized spacial score (nSPS) is 11.5. The zero-order chi connectivity index (χ0) is 22.9. The van der Waals surface area contributed by atoms with Crippen molar-refractivity contribution in [3.8, 4) is 5.75 Å². The Hall–Kier alpha value is -3.31. The van der Waals surface area contributed by atoms with E-state index in [-0.39, 0.29) is 18.2 Å². The van der Waals surface area contributed by atoms with Crippen LogP contribution in [0.2, 0.25) is 5.02 Å². The van der Waals surface area contributed by atoms with Crippen LogP contribution < -0.4 is 10.1 Å².